The molecule has 0 aliphatic rings. The van der Waals surface area contributed by atoms with Crippen LogP contribution in [0.25, 0.3) is 0 Å². The van der Waals surface area contributed by atoms with Gasteiger partial charge in [0.1, 0.15) is 5.75 Å². The van der Waals surface area contributed by atoms with Gasteiger partial charge in [0.05, 0.1) is 6.61 Å². The monoisotopic (exact) mass is 243 g/mol. The highest BCUT2D eigenvalue weighted by Crippen LogP contribution is 2.12. The van der Waals surface area contributed by atoms with Crippen molar-refractivity contribution in [2.75, 3.05) is 13.2 Å². The van der Waals surface area contributed by atoms with E-state index in [9.17, 15) is 0 Å². The van der Waals surface area contributed by atoms with Gasteiger partial charge in [0.2, 0.25) is 0 Å². The van der Waals surface area contributed by atoms with Crippen molar-refractivity contribution in [3.05, 3.63) is 29.8 Å². The minimum absolute atomic E-state index is 0. The molecule has 16 heavy (non-hydrogen) atoms. The third-order valence-electron chi connectivity index (χ3n) is 2.25. The van der Waals surface area contributed by atoms with Crippen LogP contribution in [0.4, 0.5) is 0 Å². The molecule has 0 atom stereocenters. The Morgan fingerprint density at radius 1 is 1.25 bits per heavy atom. The molecular weight excluding hydrogens is 222 g/mol. The van der Waals surface area contributed by atoms with Crippen LogP contribution in [0, 0.1) is 0 Å². The van der Waals surface area contributed by atoms with Crippen molar-refractivity contribution in [2.24, 2.45) is 0 Å². The standard InChI is InChI=1S/C13H21NO.ClH/c1-3-5-9-14-11-12-7-6-8-13(10-12)15-4-2;/h6-8,10,14H,3-5,9,11H2,1-2H3;1H. The summed E-state index contributed by atoms with van der Waals surface area (Å²) in [6.07, 6.45) is 2.48. The molecule has 3 heteroatoms. The number of unbranched alkanes of at least 4 members (excludes halogenated alkanes) is 1. The van der Waals surface area contributed by atoms with Gasteiger partial charge in [0.25, 0.3) is 0 Å². The van der Waals surface area contributed by atoms with Gasteiger partial charge < -0.3 is 10.1 Å². The SMILES string of the molecule is CCCCNCc1cccc(OCC)c1.Cl. The van der Waals surface area contributed by atoms with E-state index in [4.69, 9.17) is 4.74 Å². The number of ether oxygens (including phenoxy) is 1. The van der Waals surface area contributed by atoms with Crippen molar-refractivity contribution in [3.63, 3.8) is 0 Å². The highest BCUT2D eigenvalue weighted by Gasteiger charge is 1.95. The maximum absolute atomic E-state index is 5.45. The van der Waals surface area contributed by atoms with Gasteiger partial charge in [-0.15, -0.1) is 12.4 Å². The van der Waals surface area contributed by atoms with Crippen LogP contribution >= 0.6 is 12.4 Å². The van der Waals surface area contributed by atoms with E-state index in [1.54, 1.807) is 0 Å². The predicted octanol–water partition coefficient (Wildman–Crippen LogP) is 3.40. The van der Waals surface area contributed by atoms with E-state index in [2.05, 4.69) is 24.4 Å². The quantitative estimate of drug-likeness (QED) is 0.742. The maximum atomic E-state index is 5.45. The van der Waals surface area contributed by atoms with Crippen molar-refractivity contribution in [3.8, 4) is 5.75 Å². The van der Waals surface area contributed by atoms with Crippen molar-refractivity contribution in [1.29, 1.82) is 0 Å². The van der Waals surface area contributed by atoms with E-state index in [1.165, 1.54) is 18.4 Å². The molecule has 1 N–H and O–H groups in total. The molecule has 0 spiro atoms. The highest BCUT2D eigenvalue weighted by molar-refractivity contribution is 5.85. The molecule has 0 unspecified atom stereocenters. The molecule has 1 aromatic rings. The fourth-order valence-electron chi connectivity index (χ4n) is 1.45. The van der Waals surface area contributed by atoms with Gasteiger partial charge >= 0.3 is 0 Å². The number of nitrogens with one attached hydrogen (secondary N) is 1. The molecule has 0 fully saturated rings. The fraction of sp³-hybridized carbons (Fsp3) is 0.538. The van der Waals surface area contributed by atoms with Gasteiger partial charge in [0.15, 0.2) is 0 Å². The van der Waals surface area contributed by atoms with Gasteiger partial charge in [-0.25, -0.2) is 0 Å². The molecule has 1 aromatic carbocycles. The summed E-state index contributed by atoms with van der Waals surface area (Å²) in [4.78, 5) is 0. The lowest BCUT2D eigenvalue weighted by molar-refractivity contribution is 0.340. The molecule has 1 rings (SSSR count). The molecule has 0 aliphatic heterocycles. The van der Waals surface area contributed by atoms with Crippen LogP contribution in [-0.2, 0) is 6.54 Å². The Hall–Kier alpha value is -0.730. The first-order chi connectivity index (χ1) is 7.36. The first-order valence-electron chi connectivity index (χ1n) is 5.79. The van der Waals surface area contributed by atoms with Crippen LogP contribution in [0.15, 0.2) is 24.3 Å². The Balaban J connectivity index is 0.00000225. The van der Waals surface area contributed by atoms with Crippen molar-refractivity contribution in [1.82, 2.24) is 5.32 Å². The summed E-state index contributed by atoms with van der Waals surface area (Å²) in [6, 6.07) is 8.27. The van der Waals surface area contributed by atoms with Gasteiger partial charge in [0, 0.05) is 6.54 Å². The molecule has 0 saturated carbocycles. The van der Waals surface area contributed by atoms with Crippen molar-refractivity contribution < 1.29 is 4.74 Å². The Bertz CT molecular complexity index is 278. The average molecular weight is 244 g/mol. The molecule has 0 radical (unpaired) electrons. The average Bonchev–Trinajstić information content (AvgIpc) is 2.26. The molecule has 0 bridgehead atoms. The van der Waals surface area contributed by atoms with Crippen LogP contribution in [0.3, 0.4) is 0 Å². The normalized spacial score (nSPS) is 9.62. The van der Waals surface area contributed by atoms with Gasteiger partial charge in [-0.2, -0.15) is 0 Å². The van der Waals surface area contributed by atoms with Crippen LogP contribution in [-0.4, -0.2) is 13.2 Å². The second-order valence-electron chi connectivity index (χ2n) is 3.61. The summed E-state index contributed by atoms with van der Waals surface area (Å²) >= 11 is 0. The molecule has 0 aromatic heterocycles. The number of hydrogen-bond acceptors (Lipinski definition) is 2. The second kappa shape index (κ2) is 9.49. The zero-order chi connectivity index (χ0) is 10.9. The smallest absolute Gasteiger partial charge is 0.119 e. The van der Waals surface area contributed by atoms with Gasteiger partial charge in [-0.1, -0.05) is 25.5 Å². The van der Waals surface area contributed by atoms with Crippen LogP contribution in [0.5, 0.6) is 5.75 Å². The third kappa shape index (κ3) is 5.99. The number of halogens is 1. The molecule has 0 aliphatic carbocycles. The topological polar surface area (TPSA) is 21.3 Å². The molecule has 0 heterocycles. The fourth-order valence-corrected chi connectivity index (χ4v) is 1.45. The first kappa shape index (κ1) is 15.3. The van der Waals surface area contributed by atoms with Crippen LogP contribution in [0.2, 0.25) is 0 Å². The Kier molecular flexibility index (Phi) is 9.06. The first-order valence-corrected chi connectivity index (χ1v) is 5.79. The van der Waals surface area contributed by atoms with E-state index < -0.39 is 0 Å². The molecule has 0 amide bonds. The Labute approximate surface area is 105 Å². The third-order valence-corrected chi connectivity index (χ3v) is 2.25. The van der Waals surface area contributed by atoms with Crippen molar-refractivity contribution >= 4 is 12.4 Å². The van der Waals surface area contributed by atoms with E-state index in [0.29, 0.717) is 0 Å². The van der Waals surface area contributed by atoms with Crippen LogP contribution < -0.4 is 10.1 Å². The van der Waals surface area contributed by atoms with Gasteiger partial charge in [-0.05, 0) is 37.6 Å². The second-order valence-corrected chi connectivity index (χ2v) is 3.61. The Morgan fingerprint density at radius 2 is 2.06 bits per heavy atom. The largest absolute Gasteiger partial charge is 0.494 e. The maximum Gasteiger partial charge on any atom is 0.119 e. The molecular formula is C13H22ClNO. The number of benzene rings is 1. The van der Waals surface area contributed by atoms with E-state index >= 15 is 0 Å². The van der Waals surface area contributed by atoms with Gasteiger partial charge in [-0.3, -0.25) is 0 Å². The van der Waals surface area contributed by atoms with E-state index in [1.807, 2.05) is 19.1 Å². The summed E-state index contributed by atoms with van der Waals surface area (Å²) in [7, 11) is 0. The van der Waals surface area contributed by atoms with Crippen LogP contribution in [0.1, 0.15) is 32.3 Å². The zero-order valence-electron chi connectivity index (χ0n) is 10.2. The minimum atomic E-state index is 0. The van der Waals surface area contributed by atoms with E-state index in [0.717, 1.165) is 25.4 Å². The summed E-state index contributed by atoms with van der Waals surface area (Å²) in [5.41, 5.74) is 1.29. The minimum Gasteiger partial charge on any atom is -0.494 e. The lowest BCUT2D eigenvalue weighted by atomic mass is 10.2. The zero-order valence-corrected chi connectivity index (χ0v) is 11.0. The van der Waals surface area contributed by atoms with E-state index in [-0.39, 0.29) is 12.4 Å². The number of hydrogen-bond donors (Lipinski definition) is 1. The lowest BCUT2D eigenvalue weighted by Crippen LogP contribution is -2.14. The summed E-state index contributed by atoms with van der Waals surface area (Å²) in [5.74, 6) is 0.965. The highest BCUT2D eigenvalue weighted by atomic mass is 35.5. The predicted molar refractivity (Wildman–Crippen MR) is 71.5 cm³/mol. The Morgan fingerprint density at radius 3 is 2.75 bits per heavy atom. The lowest BCUT2D eigenvalue weighted by Gasteiger charge is -2.07. The molecule has 0 saturated heterocycles. The summed E-state index contributed by atoms with van der Waals surface area (Å²) in [6.45, 7) is 6.96. The molecule has 92 valence electrons. The molecule has 2 nitrogen and oxygen atoms in total. The number of rotatable bonds is 7. The van der Waals surface area contributed by atoms with Crippen molar-refractivity contribution in [2.45, 2.75) is 33.2 Å². The summed E-state index contributed by atoms with van der Waals surface area (Å²) < 4.78 is 5.45. The summed E-state index contributed by atoms with van der Waals surface area (Å²) in [5, 5.41) is 3.42.